The van der Waals surface area contributed by atoms with Crippen LogP contribution in [0.15, 0.2) is 36.4 Å². The van der Waals surface area contributed by atoms with E-state index in [1.54, 1.807) is 12.1 Å². The van der Waals surface area contributed by atoms with Gasteiger partial charge in [0.15, 0.2) is 5.11 Å². The Balaban J connectivity index is 1.81. The Labute approximate surface area is 178 Å². The van der Waals surface area contributed by atoms with Crippen molar-refractivity contribution in [1.29, 1.82) is 0 Å². The fourth-order valence-electron chi connectivity index (χ4n) is 3.10. The van der Waals surface area contributed by atoms with Crippen molar-refractivity contribution < 1.29 is 22.7 Å². The van der Waals surface area contributed by atoms with Crippen LogP contribution in [0.2, 0.25) is 0 Å². The summed E-state index contributed by atoms with van der Waals surface area (Å²) >= 11 is 5.20. The average Bonchev–Trinajstić information content (AvgIpc) is 2.70. The van der Waals surface area contributed by atoms with Crippen LogP contribution in [0.3, 0.4) is 0 Å². The summed E-state index contributed by atoms with van der Waals surface area (Å²) in [5, 5.41) is 5.22. The van der Waals surface area contributed by atoms with Crippen LogP contribution < -0.4 is 15.5 Å². The average molecular weight is 437 g/mol. The van der Waals surface area contributed by atoms with Crippen molar-refractivity contribution in [2.24, 2.45) is 0 Å². The van der Waals surface area contributed by atoms with Gasteiger partial charge in [-0.3, -0.25) is 10.1 Å². The SMILES string of the molecule is Cc1ccc(C(=O)NC(=S)Nc2cc(C(F)(F)F)ccc2N2CCOCC2)cc1C. The number of amides is 1. The molecule has 1 fully saturated rings. The van der Waals surface area contributed by atoms with Crippen LogP contribution in [0.5, 0.6) is 0 Å². The van der Waals surface area contributed by atoms with E-state index in [0.29, 0.717) is 37.6 Å². The molecule has 0 atom stereocenters. The first-order valence-corrected chi connectivity index (χ1v) is 9.79. The van der Waals surface area contributed by atoms with Crippen molar-refractivity contribution in [2.45, 2.75) is 20.0 Å². The second kappa shape index (κ2) is 9.01. The summed E-state index contributed by atoms with van der Waals surface area (Å²) in [5.74, 6) is -0.435. The predicted molar refractivity (Wildman–Crippen MR) is 114 cm³/mol. The summed E-state index contributed by atoms with van der Waals surface area (Å²) in [6, 6.07) is 8.67. The summed E-state index contributed by atoms with van der Waals surface area (Å²) in [7, 11) is 0. The Bertz CT molecular complexity index is 957. The fraction of sp³-hybridized carbons (Fsp3) is 0.333. The predicted octanol–water partition coefficient (Wildman–Crippen LogP) is 4.29. The maximum Gasteiger partial charge on any atom is 0.416 e. The van der Waals surface area contributed by atoms with E-state index in [4.69, 9.17) is 17.0 Å². The summed E-state index contributed by atoms with van der Waals surface area (Å²) in [6.45, 7) is 5.87. The smallest absolute Gasteiger partial charge is 0.378 e. The highest BCUT2D eigenvalue weighted by Crippen LogP contribution is 2.35. The number of benzene rings is 2. The molecule has 9 heteroatoms. The number of anilines is 2. The van der Waals surface area contributed by atoms with Crippen molar-refractivity contribution in [2.75, 3.05) is 36.5 Å². The van der Waals surface area contributed by atoms with E-state index >= 15 is 0 Å². The lowest BCUT2D eigenvalue weighted by atomic mass is 10.1. The maximum absolute atomic E-state index is 13.2. The molecule has 0 aliphatic carbocycles. The van der Waals surface area contributed by atoms with Gasteiger partial charge in [-0.05, 0) is 67.5 Å². The number of hydrogen-bond acceptors (Lipinski definition) is 4. The highest BCUT2D eigenvalue weighted by atomic mass is 32.1. The monoisotopic (exact) mass is 437 g/mol. The summed E-state index contributed by atoms with van der Waals surface area (Å²) < 4.78 is 45.0. The molecule has 0 radical (unpaired) electrons. The fourth-order valence-corrected chi connectivity index (χ4v) is 3.31. The standard InChI is InChI=1S/C21H22F3N3O2S/c1-13-3-4-15(11-14(13)2)19(28)26-20(30)25-17-12-16(21(22,23)24)5-6-18(17)27-7-9-29-10-8-27/h3-6,11-12H,7-10H2,1-2H3,(H2,25,26,28,30). The van der Waals surface area contributed by atoms with Crippen LogP contribution in [0.4, 0.5) is 24.5 Å². The van der Waals surface area contributed by atoms with Gasteiger partial charge in [-0.1, -0.05) is 6.07 Å². The molecule has 1 heterocycles. The molecular formula is C21H22F3N3O2S. The number of nitrogens with one attached hydrogen (secondary N) is 2. The number of thiocarbonyl (C=S) groups is 1. The molecule has 3 rings (SSSR count). The van der Waals surface area contributed by atoms with Gasteiger partial charge < -0.3 is 15.0 Å². The minimum atomic E-state index is -4.50. The number of morpholine rings is 1. The van der Waals surface area contributed by atoms with Gasteiger partial charge in [0, 0.05) is 18.7 Å². The Morgan fingerprint density at radius 3 is 2.40 bits per heavy atom. The van der Waals surface area contributed by atoms with E-state index in [2.05, 4.69) is 10.6 Å². The van der Waals surface area contributed by atoms with Gasteiger partial charge in [0.05, 0.1) is 30.2 Å². The number of halogens is 3. The van der Waals surface area contributed by atoms with Crippen molar-refractivity contribution in [3.05, 3.63) is 58.7 Å². The van der Waals surface area contributed by atoms with Crippen LogP contribution in [-0.4, -0.2) is 37.3 Å². The molecule has 160 valence electrons. The number of ether oxygens (including phenoxy) is 1. The third-order valence-electron chi connectivity index (χ3n) is 4.92. The van der Waals surface area contributed by atoms with Gasteiger partial charge in [-0.2, -0.15) is 13.2 Å². The molecule has 2 N–H and O–H groups in total. The molecule has 0 aromatic heterocycles. The van der Waals surface area contributed by atoms with Crippen LogP contribution in [0, 0.1) is 13.8 Å². The topological polar surface area (TPSA) is 53.6 Å². The normalized spacial score (nSPS) is 14.4. The number of carbonyl (C=O) groups is 1. The molecule has 1 aliphatic heterocycles. The first-order valence-electron chi connectivity index (χ1n) is 9.38. The van der Waals surface area contributed by atoms with Gasteiger partial charge in [0.1, 0.15) is 0 Å². The number of aryl methyl sites for hydroxylation is 2. The van der Waals surface area contributed by atoms with Crippen molar-refractivity contribution in [3.63, 3.8) is 0 Å². The largest absolute Gasteiger partial charge is 0.416 e. The van der Waals surface area contributed by atoms with E-state index in [1.807, 2.05) is 24.8 Å². The number of hydrogen-bond donors (Lipinski definition) is 2. The minimum Gasteiger partial charge on any atom is -0.378 e. The van der Waals surface area contributed by atoms with Crippen LogP contribution in [-0.2, 0) is 10.9 Å². The maximum atomic E-state index is 13.2. The first kappa shape index (κ1) is 22.0. The number of nitrogens with zero attached hydrogens (tertiary/aromatic N) is 1. The zero-order valence-electron chi connectivity index (χ0n) is 16.6. The summed E-state index contributed by atoms with van der Waals surface area (Å²) in [5.41, 5.74) is 2.36. The van der Waals surface area contributed by atoms with E-state index in [1.165, 1.54) is 6.07 Å². The molecular weight excluding hydrogens is 415 g/mol. The summed E-state index contributed by atoms with van der Waals surface area (Å²) in [4.78, 5) is 14.4. The van der Waals surface area contributed by atoms with Crippen LogP contribution >= 0.6 is 12.2 Å². The Kier molecular flexibility index (Phi) is 6.62. The molecule has 0 saturated carbocycles. The molecule has 5 nitrogen and oxygen atoms in total. The first-order chi connectivity index (χ1) is 14.1. The molecule has 0 bridgehead atoms. The number of alkyl halides is 3. The van der Waals surface area contributed by atoms with Crippen LogP contribution in [0.25, 0.3) is 0 Å². The Hall–Kier alpha value is -2.65. The number of rotatable bonds is 3. The third-order valence-corrected chi connectivity index (χ3v) is 5.12. The zero-order chi connectivity index (χ0) is 21.9. The van der Waals surface area contributed by atoms with Crippen LogP contribution in [0.1, 0.15) is 27.0 Å². The lowest BCUT2D eigenvalue weighted by Gasteiger charge is -2.31. The Morgan fingerprint density at radius 1 is 1.07 bits per heavy atom. The van der Waals surface area contributed by atoms with Gasteiger partial charge in [-0.15, -0.1) is 0 Å². The second-order valence-corrected chi connectivity index (χ2v) is 7.44. The molecule has 30 heavy (non-hydrogen) atoms. The molecule has 2 aromatic carbocycles. The van der Waals surface area contributed by atoms with Crippen molar-refractivity contribution in [1.82, 2.24) is 5.32 Å². The van der Waals surface area contributed by atoms with Gasteiger partial charge >= 0.3 is 6.18 Å². The lowest BCUT2D eigenvalue weighted by Crippen LogP contribution is -2.38. The van der Waals surface area contributed by atoms with Gasteiger partial charge in [0.2, 0.25) is 0 Å². The molecule has 2 aromatic rings. The Morgan fingerprint density at radius 2 is 1.77 bits per heavy atom. The van der Waals surface area contributed by atoms with Crippen molar-refractivity contribution >= 4 is 34.6 Å². The molecule has 0 spiro atoms. The molecule has 1 aliphatic rings. The van der Waals surface area contributed by atoms with Gasteiger partial charge in [0.25, 0.3) is 5.91 Å². The van der Waals surface area contributed by atoms with E-state index in [9.17, 15) is 18.0 Å². The summed E-state index contributed by atoms with van der Waals surface area (Å²) in [6.07, 6.45) is -4.50. The second-order valence-electron chi connectivity index (χ2n) is 7.04. The zero-order valence-corrected chi connectivity index (χ0v) is 17.4. The van der Waals surface area contributed by atoms with E-state index in [-0.39, 0.29) is 10.8 Å². The quantitative estimate of drug-likeness (QED) is 0.702. The van der Waals surface area contributed by atoms with Gasteiger partial charge in [-0.25, -0.2) is 0 Å². The van der Waals surface area contributed by atoms with Crippen molar-refractivity contribution in [3.8, 4) is 0 Å². The molecule has 0 unspecified atom stereocenters. The third kappa shape index (κ3) is 5.28. The number of carbonyl (C=O) groups excluding carboxylic acids is 1. The molecule has 1 amide bonds. The van der Waals surface area contributed by atoms with E-state index in [0.717, 1.165) is 23.3 Å². The molecule has 1 saturated heterocycles. The highest BCUT2D eigenvalue weighted by molar-refractivity contribution is 7.80. The lowest BCUT2D eigenvalue weighted by molar-refractivity contribution is -0.137. The minimum absolute atomic E-state index is 0.0768. The highest BCUT2D eigenvalue weighted by Gasteiger charge is 2.31. The van der Waals surface area contributed by atoms with E-state index < -0.39 is 17.6 Å².